The van der Waals surface area contributed by atoms with E-state index in [4.69, 9.17) is 4.74 Å². The number of amides is 2. The fourth-order valence-corrected chi connectivity index (χ4v) is 5.71. The molecule has 2 aliphatic rings. The van der Waals surface area contributed by atoms with E-state index in [0.717, 1.165) is 32.1 Å². The third kappa shape index (κ3) is 7.04. The molecule has 0 radical (unpaired) electrons. The van der Waals surface area contributed by atoms with Crippen molar-refractivity contribution >= 4 is 21.7 Å². The number of hydrogen-bond acceptors (Lipinski definition) is 6. The maximum Gasteiger partial charge on any atom is 0.237 e. The second kappa shape index (κ2) is 10.4. The fourth-order valence-electron chi connectivity index (χ4n) is 4.00. The summed E-state index contributed by atoms with van der Waals surface area (Å²) in [5, 5.41) is 2.81. The van der Waals surface area contributed by atoms with Crippen LogP contribution in [0.3, 0.4) is 0 Å². The molecule has 2 rings (SSSR count). The number of nitrogens with zero attached hydrogens (tertiary/aromatic N) is 2. The number of hydrogen-bond donors (Lipinski definition) is 1. The van der Waals surface area contributed by atoms with Crippen LogP contribution in [0.25, 0.3) is 0 Å². The Bertz CT molecular complexity index is 604. The minimum atomic E-state index is -3.05. The third-order valence-electron chi connectivity index (χ3n) is 5.27. The lowest BCUT2D eigenvalue weighted by molar-refractivity contribution is -0.137. The lowest BCUT2D eigenvalue weighted by Crippen LogP contribution is -2.51. The van der Waals surface area contributed by atoms with Crippen molar-refractivity contribution < 1.29 is 22.7 Å². The van der Waals surface area contributed by atoms with Crippen LogP contribution in [0.2, 0.25) is 0 Å². The smallest absolute Gasteiger partial charge is 0.237 e. The Hall–Kier alpha value is -1.19. The first kappa shape index (κ1) is 22.1. The lowest BCUT2D eigenvalue weighted by Gasteiger charge is -2.35. The molecule has 1 heterocycles. The monoisotopic (exact) mass is 403 g/mol. The van der Waals surface area contributed by atoms with Gasteiger partial charge in [0.1, 0.15) is 0 Å². The normalized spacial score (nSPS) is 22.3. The zero-order chi connectivity index (χ0) is 19.9. The van der Waals surface area contributed by atoms with Gasteiger partial charge in [0.15, 0.2) is 9.84 Å². The van der Waals surface area contributed by atoms with E-state index in [9.17, 15) is 18.0 Å². The van der Waals surface area contributed by atoms with Crippen LogP contribution in [0.1, 0.15) is 38.5 Å². The van der Waals surface area contributed by atoms with Gasteiger partial charge >= 0.3 is 0 Å². The van der Waals surface area contributed by atoms with Gasteiger partial charge in [0, 0.05) is 32.3 Å². The quantitative estimate of drug-likeness (QED) is 0.517. The molecule has 2 amide bonds. The number of likely N-dealkylation sites (N-methyl/N-ethyl adjacent to an activating group) is 1. The summed E-state index contributed by atoms with van der Waals surface area (Å²) in [5.41, 5.74) is 0. The van der Waals surface area contributed by atoms with Gasteiger partial charge < -0.3 is 15.0 Å². The van der Waals surface area contributed by atoms with Crippen molar-refractivity contribution in [2.45, 2.75) is 50.6 Å². The van der Waals surface area contributed by atoms with Gasteiger partial charge in [-0.25, -0.2) is 8.42 Å². The highest BCUT2D eigenvalue weighted by Crippen LogP contribution is 2.29. The Morgan fingerprint density at radius 3 is 2.41 bits per heavy atom. The number of methoxy groups -OCH3 is 1. The standard InChI is InChI=1S/C18H33N3O5S/c1-20(12-17(22)19-9-5-10-26-2)13-18(23)21(15-6-3-4-7-15)16-8-11-27(24,25)14-16/h15-16H,3-14H2,1-2H3,(H,19,22). The third-order valence-corrected chi connectivity index (χ3v) is 7.02. The molecule has 0 bridgehead atoms. The first-order valence-corrected chi connectivity index (χ1v) is 11.6. The van der Waals surface area contributed by atoms with Crippen molar-refractivity contribution in [2.24, 2.45) is 0 Å². The summed E-state index contributed by atoms with van der Waals surface area (Å²) in [6.45, 7) is 1.40. The molecule has 1 unspecified atom stereocenters. The Morgan fingerprint density at radius 2 is 1.81 bits per heavy atom. The molecule has 0 aromatic carbocycles. The topological polar surface area (TPSA) is 96.0 Å². The predicted molar refractivity (Wildman–Crippen MR) is 103 cm³/mol. The van der Waals surface area contributed by atoms with Crippen molar-refractivity contribution in [1.82, 2.24) is 15.1 Å². The van der Waals surface area contributed by atoms with Crippen molar-refractivity contribution in [2.75, 3.05) is 51.9 Å². The zero-order valence-electron chi connectivity index (χ0n) is 16.5. The van der Waals surface area contributed by atoms with E-state index in [-0.39, 0.29) is 48.5 Å². The zero-order valence-corrected chi connectivity index (χ0v) is 17.3. The molecule has 0 aromatic heterocycles. The van der Waals surface area contributed by atoms with Gasteiger partial charge in [0.25, 0.3) is 0 Å². The molecule has 1 aliphatic heterocycles. The Balaban J connectivity index is 1.88. The van der Waals surface area contributed by atoms with Gasteiger partial charge in [0.05, 0.1) is 24.6 Å². The molecule has 0 spiro atoms. The van der Waals surface area contributed by atoms with Crippen LogP contribution in [0, 0.1) is 0 Å². The van der Waals surface area contributed by atoms with Gasteiger partial charge in [-0.15, -0.1) is 0 Å². The van der Waals surface area contributed by atoms with Gasteiger partial charge in [0.2, 0.25) is 11.8 Å². The number of carbonyl (C=O) groups excluding carboxylic acids is 2. The average molecular weight is 404 g/mol. The molecule has 156 valence electrons. The van der Waals surface area contributed by atoms with E-state index < -0.39 is 9.84 Å². The van der Waals surface area contributed by atoms with Crippen LogP contribution in [0.4, 0.5) is 0 Å². The summed E-state index contributed by atoms with van der Waals surface area (Å²) in [4.78, 5) is 28.4. The second-order valence-corrected chi connectivity index (χ2v) is 9.89. The van der Waals surface area contributed by atoms with E-state index >= 15 is 0 Å². The number of carbonyl (C=O) groups is 2. The molecule has 1 N–H and O–H groups in total. The molecule has 9 heteroatoms. The number of nitrogens with one attached hydrogen (secondary N) is 1. The molecule has 2 fully saturated rings. The highest BCUT2D eigenvalue weighted by molar-refractivity contribution is 7.91. The number of sulfone groups is 1. The number of ether oxygens (including phenoxy) is 1. The first-order valence-electron chi connectivity index (χ1n) is 9.78. The molecule has 0 aromatic rings. The van der Waals surface area contributed by atoms with E-state index in [1.807, 2.05) is 4.90 Å². The number of rotatable bonds is 10. The molecule has 1 aliphatic carbocycles. The highest BCUT2D eigenvalue weighted by atomic mass is 32.2. The molecule has 1 saturated heterocycles. The van der Waals surface area contributed by atoms with Gasteiger partial charge in [-0.2, -0.15) is 0 Å². The Morgan fingerprint density at radius 1 is 1.11 bits per heavy atom. The lowest BCUT2D eigenvalue weighted by atomic mass is 10.1. The largest absolute Gasteiger partial charge is 0.385 e. The minimum Gasteiger partial charge on any atom is -0.385 e. The van der Waals surface area contributed by atoms with Crippen LogP contribution in [-0.4, -0.2) is 94.0 Å². The van der Waals surface area contributed by atoms with Crippen LogP contribution in [0.5, 0.6) is 0 Å². The van der Waals surface area contributed by atoms with Gasteiger partial charge in [-0.05, 0) is 32.7 Å². The van der Waals surface area contributed by atoms with Crippen molar-refractivity contribution in [1.29, 1.82) is 0 Å². The molecule has 8 nitrogen and oxygen atoms in total. The summed E-state index contributed by atoms with van der Waals surface area (Å²) >= 11 is 0. The van der Waals surface area contributed by atoms with Crippen LogP contribution < -0.4 is 5.32 Å². The van der Waals surface area contributed by atoms with Gasteiger partial charge in [-0.1, -0.05) is 12.8 Å². The summed E-state index contributed by atoms with van der Waals surface area (Å²) < 4.78 is 28.7. The van der Waals surface area contributed by atoms with E-state index in [1.54, 1.807) is 19.1 Å². The van der Waals surface area contributed by atoms with Crippen LogP contribution >= 0.6 is 0 Å². The fraction of sp³-hybridized carbons (Fsp3) is 0.889. The van der Waals surface area contributed by atoms with Crippen LogP contribution in [0.15, 0.2) is 0 Å². The SMILES string of the molecule is COCCCNC(=O)CN(C)CC(=O)N(C1CCCC1)C1CCS(=O)(=O)C1. The summed E-state index contributed by atoms with van der Waals surface area (Å²) in [5.74, 6) is 0.0308. The maximum atomic E-state index is 13.0. The molecular formula is C18H33N3O5S. The highest BCUT2D eigenvalue weighted by Gasteiger charge is 2.39. The van der Waals surface area contributed by atoms with Crippen molar-refractivity contribution in [3.05, 3.63) is 0 Å². The maximum absolute atomic E-state index is 13.0. The van der Waals surface area contributed by atoms with Crippen molar-refractivity contribution in [3.63, 3.8) is 0 Å². The summed E-state index contributed by atoms with van der Waals surface area (Å²) in [6.07, 6.45) is 5.30. The molecular weight excluding hydrogens is 370 g/mol. The van der Waals surface area contributed by atoms with E-state index in [0.29, 0.717) is 19.6 Å². The van der Waals surface area contributed by atoms with Gasteiger partial charge in [-0.3, -0.25) is 14.5 Å². The summed E-state index contributed by atoms with van der Waals surface area (Å²) in [6, 6.07) is -0.0889. The van der Waals surface area contributed by atoms with Crippen molar-refractivity contribution in [3.8, 4) is 0 Å². The van der Waals surface area contributed by atoms with E-state index in [1.165, 1.54) is 0 Å². The molecule has 1 saturated carbocycles. The molecule has 1 atom stereocenters. The summed E-state index contributed by atoms with van der Waals surface area (Å²) in [7, 11) is 0.311. The first-order chi connectivity index (χ1) is 12.8. The second-order valence-electron chi connectivity index (χ2n) is 7.66. The Kier molecular flexibility index (Phi) is 8.50. The van der Waals surface area contributed by atoms with Crippen LogP contribution in [-0.2, 0) is 24.2 Å². The molecule has 27 heavy (non-hydrogen) atoms. The predicted octanol–water partition coefficient (Wildman–Crippen LogP) is 0.0292. The average Bonchev–Trinajstić information content (AvgIpc) is 3.22. The Labute approximate surface area is 162 Å². The minimum absolute atomic E-state index is 0.0684. The van der Waals surface area contributed by atoms with E-state index in [2.05, 4.69) is 5.32 Å².